The summed E-state index contributed by atoms with van der Waals surface area (Å²) in [6, 6.07) is 15.4. The first-order valence-corrected chi connectivity index (χ1v) is 8.76. The molecule has 140 valence electrons. The number of aryl methyl sites for hydroxylation is 1. The van der Waals surface area contributed by atoms with Gasteiger partial charge in [-0.15, -0.1) is 0 Å². The van der Waals surface area contributed by atoms with Gasteiger partial charge in [0.2, 0.25) is 0 Å². The Hall–Kier alpha value is -3.56. The lowest BCUT2D eigenvalue weighted by atomic mass is 10.1. The number of benzene rings is 2. The summed E-state index contributed by atoms with van der Waals surface area (Å²) in [5, 5.41) is 11.7. The Labute approximate surface area is 166 Å². The fraction of sp³-hybridized carbons (Fsp3) is 0.0952. The molecule has 1 amide bonds. The molecule has 28 heavy (non-hydrogen) atoms. The minimum atomic E-state index is -0.596. The summed E-state index contributed by atoms with van der Waals surface area (Å²) in [7, 11) is 0. The van der Waals surface area contributed by atoms with Crippen LogP contribution in [0.4, 0.5) is 5.69 Å². The van der Waals surface area contributed by atoms with Crippen LogP contribution < -0.4 is 5.32 Å². The zero-order chi connectivity index (χ0) is 20.1. The van der Waals surface area contributed by atoms with E-state index in [2.05, 4.69) is 5.32 Å². The SMILES string of the molecule is Cc1ccc(C(=O)OCC(=O)Nc2ccc(C#N)c(Cl)c2)cc1-n1cccc1. The van der Waals surface area contributed by atoms with Gasteiger partial charge in [0.05, 0.1) is 16.1 Å². The number of hydrogen-bond donors (Lipinski definition) is 1. The highest BCUT2D eigenvalue weighted by Crippen LogP contribution is 2.20. The van der Waals surface area contributed by atoms with Gasteiger partial charge in [0.15, 0.2) is 6.61 Å². The molecule has 0 saturated heterocycles. The third kappa shape index (κ3) is 4.40. The maximum Gasteiger partial charge on any atom is 0.338 e. The Morgan fingerprint density at radius 2 is 1.93 bits per heavy atom. The van der Waals surface area contributed by atoms with Gasteiger partial charge in [-0.25, -0.2) is 4.79 Å². The molecule has 3 aromatic rings. The van der Waals surface area contributed by atoms with Gasteiger partial charge < -0.3 is 14.6 Å². The highest BCUT2D eigenvalue weighted by Gasteiger charge is 2.13. The largest absolute Gasteiger partial charge is 0.452 e. The molecule has 7 heteroatoms. The molecule has 0 aliphatic rings. The predicted molar refractivity (Wildman–Crippen MR) is 106 cm³/mol. The van der Waals surface area contributed by atoms with Crippen LogP contribution in [0, 0.1) is 18.3 Å². The molecular formula is C21H16ClN3O3. The van der Waals surface area contributed by atoms with Crippen molar-refractivity contribution in [1.29, 1.82) is 5.26 Å². The van der Waals surface area contributed by atoms with Gasteiger partial charge in [0.1, 0.15) is 6.07 Å². The van der Waals surface area contributed by atoms with Gasteiger partial charge in [0.25, 0.3) is 5.91 Å². The number of carbonyl (C=O) groups is 2. The molecule has 0 unspecified atom stereocenters. The summed E-state index contributed by atoms with van der Waals surface area (Å²) >= 11 is 5.93. The molecule has 2 aromatic carbocycles. The topological polar surface area (TPSA) is 84.1 Å². The second-order valence-corrected chi connectivity index (χ2v) is 6.43. The highest BCUT2D eigenvalue weighted by atomic mass is 35.5. The van der Waals surface area contributed by atoms with Crippen molar-refractivity contribution in [3.63, 3.8) is 0 Å². The summed E-state index contributed by atoms with van der Waals surface area (Å²) in [4.78, 5) is 24.3. The maximum absolute atomic E-state index is 12.3. The van der Waals surface area contributed by atoms with Gasteiger partial charge >= 0.3 is 5.97 Å². The minimum Gasteiger partial charge on any atom is -0.452 e. The smallest absolute Gasteiger partial charge is 0.338 e. The van der Waals surface area contributed by atoms with Crippen molar-refractivity contribution in [3.05, 3.63) is 82.6 Å². The molecule has 0 fully saturated rings. The number of rotatable bonds is 5. The third-order valence-corrected chi connectivity index (χ3v) is 4.35. The number of aromatic nitrogens is 1. The number of hydrogen-bond acceptors (Lipinski definition) is 4. The molecule has 1 aromatic heterocycles. The number of nitriles is 1. The zero-order valence-corrected chi connectivity index (χ0v) is 15.7. The Bertz CT molecular complexity index is 1070. The van der Waals surface area contributed by atoms with Gasteiger partial charge in [-0.2, -0.15) is 5.26 Å². The van der Waals surface area contributed by atoms with Crippen molar-refractivity contribution in [2.75, 3.05) is 11.9 Å². The lowest BCUT2D eigenvalue weighted by Gasteiger charge is -2.10. The average molecular weight is 394 g/mol. The van der Waals surface area contributed by atoms with E-state index in [1.165, 1.54) is 12.1 Å². The van der Waals surface area contributed by atoms with Crippen molar-refractivity contribution in [1.82, 2.24) is 4.57 Å². The van der Waals surface area contributed by atoms with Crippen LogP contribution in [0.3, 0.4) is 0 Å². The van der Waals surface area contributed by atoms with E-state index in [1.807, 2.05) is 48.2 Å². The van der Waals surface area contributed by atoms with Crippen LogP contribution in [0.15, 0.2) is 60.9 Å². The molecule has 6 nitrogen and oxygen atoms in total. The number of carbonyl (C=O) groups excluding carboxylic acids is 2. The molecule has 0 aliphatic heterocycles. The van der Waals surface area contributed by atoms with E-state index < -0.39 is 18.5 Å². The lowest BCUT2D eigenvalue weighted by Crippen LogP contribution is -2.21. The number of halogens is 1. The number of nitrogens with one attached hydrogen (secondary N) is 1. The fourth-order valence-corrected chi connectivity index (χ4v) is 2.83. The maximum atomic E-state index is 12.3. The fourth-order valence-electron chi connectivity index (χ4n) is 2.60. The van der Waals surface area contributed by atoms with E-state index in [-0.39, 0.29) is 5.02 Å². The predicted octanol–water partition coefficient (Wildman–Crippen LogP) is 4.11. The molecular weight excluding hydrogens is 378 g/mol. The second kappa shape index (κ2) is 8.42. The first-order chi connectivity index (χ1) is 13.5. The quantitative estimate of drug-likeness (QED) is 0.661. The summed E-state index contributed by atoms with van der Waals surface area (Å²) in [6.07, 6.45) is 3.77. The van der Waals surface area contributed by atoms with Crippen LogP contribution in [0.2, 0.25) is 5.02 Å². The molecule has 0 aliphatic carbocycles. The number of ether oxygens (including phenoxy) is 1. The van der Waals surface area contributed by atoms with Crippen molar-refractivity contribution in [2.45, 2.75) is 6.92 Å². The van der Waals surface area contributed by atoms with E-state index in [4.69, 9.17) is 21.6 Å². The lowest BCUT2D eigenvalue weighted by molar-refractivity contribution is -0.119. The van der Waals surface area contributed by atoms with E-state index in [0.29, 0.717) is 16.8 Å². The van der Waals surface area contributed by atoms with Crippen molar-refractivity contribution in [2.24, 2.45) is 0 Å². The normalized spacial score (nSPS) is 10.2. The standard InChI is InChI=1S/C21H16ClN3O3/c1-14-4-5-15(10-19(14)25-8-2-3-9-25)21(27)28-13-20(26)24-17-7-6-16(12-23)18(22)11-17/h2-11H,13H2,1H3,(H,24,26). The molecule has 0 atom stereocenters. The first kappa shape index (κ1) is 19.2. The van der Waals surface area contributed by atoms with Crippen LogP contribution in [0.5, 0.6) is 0 Å². The van der Waals surface area contributed by atoms with E-state index in [9.17, 15) is 9.59 Å². The number of nitrogens with zero attached hydrogens (tertiary/aromatic N) is 2. The van der Waals surface area contributed by atoms with Crippen LogP contribution >= 0.6 is 11.6 Å². The first-order valence-electron chi connectivity index (χ1n) is 8.38. The summed E-state index contributed by atoms with van der Waals surface area (Å²) in [5.41, 5.74) is 2.93. The van der Waals surface area contributed by atoms with Crippen LogP contribution in [-0.2, 0) is 9.53 Å². The molecule has 3 rings (SSSR count). The Morgan fingerprint density at radius 3 is 2.61 bits per heavy atom. The van der Waals surface area contributed by atoms with Crippen LogP contribution in [-0.4, -0.2) is 23.1 Å². The van der Waals surface area contributed by atoms with Crippen molar-refractivity contribution >= 4 is 29.2 Å². The van der Waals surface area contributed by atoms with E-state index in [0.717, 1.165) is 11.3 Å². The molecule has 0 spiro atoms. The van der Waals surface area contributed by atoms with Gasteiger partial charge in [-0.05, 0) is 55.0 Å². The number of esters is 1. The van der Waals surface area contributed by atoms with Gasteiger partial charge in [0, 0.05) is 23.8 Å². The summed E-state index contributed by atoms with van der Waals surface area (Å²) in [6.45, 7) is 1.50. The average Bonchev–Trinajstić information content (AvgIpc) is 3.21. The molecule has 0 bridgehead atoms. The molecule has 0 radical (unpaired) electrons. The monoisotopic (exact) mass is 393 g/mol. The zero-order valence-electron chi connectivity index (χ0n) is 15.0. The van der Waals surface area contributed by atoms with Crippen molar-refractivity contribution < 1.29 is 14.3 Å². The Balaban J connectivity index is 1.62. The van der Waals surface area contributed by atoms with Crippen LogP contribution in [0.1, 0.15) is 21.5 Å². The summed E-state index contributed by atoms with van der Waals surface area (Å²) in [5.74, 6) is -1.10. The summed E-state index contributed by atoms with van der Waals surface area (Å²) < 4.78 is 7.00. The van der Waals surface area contributed by atoms with Gasteiger partial charge in [-0.1, -0.05) is 17.7 Å². The second-order valence-electron chi connectivity index (χ2n) is 6.02. The Morgan fingerprint density at radius 1 is 1.18 bits per heavy atom. The Kier molecular flexibility index (Phi) is 5.78. The molecule has 1 N–H and O–H groups in total. The van der Waals surface area contributed by atoms with E-state index in [1.54, 1.807) is 18.2 Å². The highest BCUT2D eigenvalue weighted by molar-refractivity contribution is 6.32. The molecule has 0 saturated carbocycles. The molecule has 1 heterocycles. The van der Waals surface area contributed by atoms with E-state index >= 15 is 0 Å². The third-order valence-electron chi connectivity index (χ3n) is 4.04. The van der Waals surface area contributed by atoms with Gasteiger partial charge in [-0.3, -0.25) is 4.79 Å². The number of anilines is 1. The number of amides is 1. The van der Waals surface area contributed by atoms with Crippen LogP contribution in [0.25, 0.3) is 5.69 Å². The minimum absolute atomic E-state index is 0.231. The van der Waals surface area contributed by atoms with Crippen molar-refractivity contribution in [3.8, 4) is 11.8 Å².